The van der Waals surface area contributed by atoms with Crippen LogP contribution in [-0.2, 0) is 19.1 Å². The van der Waals surface area contributed by atoms with Crippen molar-refractivity contribution in [2.24, 2.45) is 17.8 Å². The number of hydrogen-bond donors (Lipinski definition) is 1. The first-order chi connectivity index (χ1) is 13.8. The average molecular weight is 447 g/mol. The molecule has 0 radical (unpaired) electrons. The molecule has 4 rings (SSSR count). The van der Waals surface area contributed by atoms with Crippen LogP contribution in [0.3, 0.4) is 0 Å². The summed E-state index contributed by atoms with van der Waals surface area (Å²) in [4.78, 5) is 39.0. The third-order valence-electron chi connectivity index (χ3n) is 7.30. The molecule has 2 aliphatic heterocycles. The molecule has 0 aromatic rings. The third-order valence-corrected chi connectivity index (χ3v) is 8.87. The van der Waals surface area contributed by atoms with Crippen molar-refractivity contribution in [2.75, 3.05) is 6.61 Å². The molecular weight excluding hydrogens is 415 g/mol. The van der Waals surface area contributed by atoms with E-state index in [1.54, 1.807) is 0 Å². The van der Waals surface area contributed by atoms with E-state index in [2.05, 4.69) is 5.32 Å². The zero-order chi connectivity index (χ0) is 20.9. The molecule has 7 nitrogen and oxygen atoms in total. The largest absolute Gasteiger partial charge is 1.00 e. The zero-order valence-corrected chi connectivity index (χ0v) is 21.2. The van der Waals surface area contributed by atoms with Gasteiger partial charge in [0.25, 0.3) is 0 Å². The second-order valence-electron chi connectivity index (χ2n) is 9.37. The number of carbonyl (C=O) groups is 3. The Morgan fingerprint density at radius 3 is 2.60 bits per heavy atom. The number of carbonyl (C=O) groups excluding carboxylic acids is 3. The Kier molecular flexibility index (Phi) is 7.55. The van der Waals surface area contributed by atoms with Crippen LogP contribution < -0.4 is 40.0 Å². The van der Waals surface area contributed by atoms with Gasteiger partial charge < -0.3 is 24.9 Å². The Morgan fingerprint density at radius 1 is 1.23 bits per heavy atom. The number of nitrogens with one attached hydrogen (secondary N) is 1. The van der Waals surface area contributed by atoms with Gasteiger partial charge >= 0.3 is 29.6 Å². The topological polar surface area (TPSA) is 98.8 Å². The van der Waals surface area contributed by atoms with Gasteiger partial charge in [-0.15, -0.1) is 11.8 Å². The molecule has 2 saturated carbocycles. The Bertz CT molecular complexity index is 705. The fraction of sp³-hybridized carbons (Fsp3) is 0.857. The maximum Gasteiger partial charge on any atom is 1.00 e. The molecule has 7 atom stereocenters. The van der Waals surface area contributed by atoms with Crippen LogP contribution in [0.2, 0.25) is 0 Å². The second kappa shape index (κ2) is 9.30. The van der Waals surface area contributed by atoms with Crippen LogP contribution in [0.15, 0.2) is 0 Å². The minimum Gasteiger partial charge on any atom is -0.548 e. The van der Waals surface area contributed by atoms with Crippen LogP contribution in [-0.4, -0.2) is 57.6 Å². The van der Waals surface area contributed by atoms with Gasteiger partial charge in [0.1, 0.15) is 11.4 Å². The zero-order valence-electron chi connectivity index (χ0n) is 18.4. The standard InChI is InChI=1S/C21H32N2O5S.Na/c1-4-28-13-10-9-11-7-5-6-8-12(11)14(13)17(24)22-15-18(25)23-16(20(26)27)21(2,3)29-19(15)23;/h11-16,19H,4-10H2,1-3H3,(H,22,24)(H,26,27);/q;+1/p-1/t11?,12?,13?,14?,15-,16+,19-;/m1./s1. The van der Waals surface area contributed by atoms with Gasteiger partial charge in [-0.1, -0.05) is 19.3 Å². The normalized spacial score (nSPS) is 39.2. The van der Waals surface area contributed by atoms with Gasteiger partial charge in [-0.2, -0.15) is 0 Å². The molecule has 2 aliphatic carbocycles. The molecule has 1 N–H and O–H groups in total. The number of hydrogen-bond acceptors (Lipinski definition) is 6. The number of β-lactam (4-membered cyclic amide) rings is 1. The van der Waals surface area contributed by atoms with Crippen LogP contribution >= 0.6 is 11.8 Å². The minimum atomic E-state index is -1.24. The van der Waals surface area contributed by atoms with E-state index < -0.39 is 22.8 Å². The average Bonchev–Trinajstić information content (AvgIpc) is 2.94. The molecule has 0 spiro atoms. The molecule has 2 heterocycles. The molecule has 162 valence electrons. The van der Waals surface area contributed by atoms with Crippen LogP contribution in [0, 0.1) is 17.8 Å². The van der Waals surface area contributed by atoms with Crippen molar-refractivity contribution in [3.05, 3.63) is 0 Å². The van der Waals surface area contributed by atoms with Gasteiger partial charge in [0.2, 0.25) is 11.8 Å². The fourth-order valence-corrected chi connectivity index (χ4v) is 7.66. The number of thioether (sulfide) groups is 1. The molecule has 0 aromatic carbocycles. The van der Waals surface area contributed by atoms with Crippen LogP contribution in [0.5, 0.6) is 0 Å². The summed E-state index contributed by atoms with van der Waals surface area (Å²) in [5, 5.41) is 14.2. The number of ether oxygens (including phenoxy) is 1. The summed E-state index contributed by atoms with van der Waals surface area (Å²) in [5.41, 5.74) is 0. The Hall–Kier alpha value is -0.280. The van der Waals surface area contributed by atoms with Gasteiger partial charge in [-0.25, -0.2) is 0 Å². The van der Waals surface area contributed by atoms with Crippen molar-refractivity contribution in [1.29, 1.82) is 0 Å². The van der Waals surface area contributed by atoms with E-state index >= 15 is 0 Å². The number of aliphatic carboxylic acids is 1. The second-order valence-corrected chi connectivity index (χ2v) is 11.1. The van der Waals surface area contributed by atoms with Crippen LogP contribution in [0.1, 0.15) is 59.3 Å². The van der Waals surface area contributed by atoms with Crippen molar-refractivity contribution in [1.82, 2.24) is 10.2 Å². The summed E-state index contributed by atoms with van der Waals surface area (Å²) in [6, 6.07) is -1.63. The Balaban J connectivity index is 0.00000256. The summed E-state index contributed by atoms with van der Waals surface area (Å²) in [6.07, 6.45) is 6.46. The summed E-state index contributed by atoms with van der Waals surface area (Å²) in [7, 11) is 0. The molecule has 4 aliphatic rings. The quantitative estimate of drug-likeness (QED) is 0.384. The van der Waals surface area contributed by atoms with E-state index in [-0.39, 0.29) is 58.8 Å². The predicted octanol–water partition coefficient (Wildman–Crippen LogP) is -2.09. The summed E-state index contributed by atoms with van der Waals surface area (Å²) in [6.45, 7) is 6.14. The molecule has 2 saturated heterocycles. The first-order valence-electron chi connectivity index (χ1n) is 10.9. The number of fused-ring (bicyclic) bond motifs is 2. The van der Waals surface area contributed by atoms with E-state index in [1.807, 2.05) is 20.8 Å². The van der Waals surface area contributed by atoms with E-state index in [9.17, 15) is 19.5 Å². The van der Waals surface area contributed by atoms with Crippen molar-refractivity contribution in [2.45, 2.75) is 87.6 Å². The first-order valence-corrected chi connectivity index (χ1v) is 11.8. The van der Waals surface area contributed by atoms with E-state index in [0.717, 1.165) is 25.7 Å². The predicted molar refractivity (Wildman–Crippen MR) is 107 cm³/mol. The van der Waals surface area contributed by atoms with Crippen molar-refractivity contribution < 1.29 is 53.8 Å². The van der Waals surface area contributed by atoms with Crippen molar-refractivity contribution in [3.63, 3.8) is 0 Å². The van der Waals surface area contributed by atoms with Crippen molar-refractivity contribution in [3.8, 4) is 0 Å². The smallest absolute Gasteiger partial charge is 0.548 e. The molecule has 30 heavy (non-hydrogen) atoms. The van der Waals surface area contributed by atoms with E-state index in [4.69, 9.17) is 4.74 Å². The fourth-order valence-electron chi connectivity index (χ4n) is 6.04. The van der Waals surface area contributed by atoms with E-state index in [1.165, 1.54) is 29.5 Å². The Morgan fingerprint density at radius 2 is 1.93 bits per heavy atom. The SMILES string of the molecule is CCOC1CCC2CCCCC2C1C(=O)N[C@@H]1C(=O)N2[C@@H]1SC(C)(C)[C@@H]2C(=O)[O-].[Na+]. The number of rotatable bonds is 5. The maximum atomic E-state index is 13.4. The number of amides is 2. The number of carboxylic acids is 1. The van der Waals surface area contributed by atoms with Gasteiger partial charge in [0.05, 0.1) is 24.0 Å². The van der Waals surface area contributed by atoms with Gasteiger partial charge in [0, 0.05) is 11.4 Å². The maximum absolute atomic E-state index is 13.4. The summed E-state index contributed by atoms with van der Waals surface area (Å²) >= 11 is 1.43. The summed E-state index contributed by atoms with van der Waals surface area (Å²) < 4.78 is 5.30. The molecule has 4 fully saturated rings. The van der Waals surface area contributed by atoms with Gasteiger partial charge in [-0.3, -0.25) is 9.59 Å². The van der Waals surface area contributed by atoms with Crippen LogP contribution in [0.25, 0.3) is 0 Å². The number of carboxylic acid groups (broad SMARTS) is 1. The van der Waals surface area contributed by atoms with Gasteiger partial charge in [0.15, 0.2) is 0 Å². The third kappa shape index (κ3) is 4.07. The monoisotopic (exact) mass is 446 g/mol. The first kappa shape index (κ1) is 24.4. The number of nitrogens with zero attached hydrogens (tertiary/aromatic N) is 1. The molecule has 4 unspecified atom stereocenters. The molecule has 2 amide bonds. The van der Waals surface area contributed by atoms with E-state index in [0.29, 0.717) is 18.4 Å². The van der Waals surface area contributed by atoms with Crippen molar-refractivity contribution >= 4 is 29.5 Å². The van der Waals surface area contributed by atoms with Crippen LogP contribution in [0.4, 0.5) is 0 Å². The molecule has 9 heteroatoms. The Labute approximate surface area is 204 Å². The summed E-state index contributed by atoms with van der Waals surface area (Å²) in [5.74, 6) is -1.02. The molecule has 0 aromatic heterocycles. The molecular formula is C21H31N2NaO5S. The van der Waals surface area contributed by atoms with Gasteiger partial charge in [-0.05, 0) is 51.9 Å². The molecule has 0 bridgehead atoms. The minimum absolute atomic E-state index is 0.